The number of hydrazine groups is 1. The molecule has 0 radical (unpaired) electrons. The van der Waals surface area contributed by atoms with Gasteiger partial charge in [0.25, 0.3) is 0 Å². The van der Waals surface area contributed by atoms with Crippen LogP contribution in [0.25, 0.3) is 0 Å². The second-order valence-corrected chi connectivity index (χ2v) is 1.29. The molecular weight excluding hydrogens is 140 g/mol. The summed E-state index contributed by atoms with van der Waals surface area (Å²) >= 11 is 0. The van der Waals surface area contributed by atoms with Gasteiger partial charge in [0.2, 0.25) is 6.41 Å². The first-order chi connectivity index (χ1) is 4.57. The normalized spacial score (nSPS) is 8.00. The number of urea groups is 2. The summed E-state index contributed by atoms with van der Waals surface area (Å²) in [6, 6.07) is -2.14. The molecule has 0 fully saturated rings. The number of primary amides is 2. The van der Waals surface area contributed by atoms with Crippen LogP contribution in [-0.4, -0.2) is 23.5 Å². The molecule has 7 nitrogen and oxygen atoms in total. The Labute approximate surface area is 55.9 Å². The number of nitrogens with one attached hydrogen (secondary N) is 1. The first kappa shape index (κ1) is 8.21. The third-order valence-corrected chi connectivity index (χ3v) is 0.573. The van der Waals surface area contributed by atoms with E-state index in [1.807, 2.05) is 0 Å². The van der Waals surface area contributed by atoms with E-state index in [1.54, 1.807) is 5.43 Å². The van der Waals surface area contributed by atoms with Crippen LogP contribution in [0.1, 0.15) is 0 Å². The van der Waals surface area contributed by atoms with Gasteiger partial charge >= 0.3 is 12.1 Å². The minimum atomic E-state index is -1.10. The molecule has 0 bridgehead atoms. The Hall–Kier alpha value is -1.79. The highest BCUT2D eigenvalue weighted by Gasteiger charge is 2.07. The third-order valence-electron chi connectivity index (χ3n) is 0.573. The maximum absolute atomic E-state index is 10.1. The van der Waals surface area contributed by atoms with Crippen molar-refractivity contribution < 1.29 is 14.4 Å². The molecule has 0 rings (SSSR count). The van der Waals surface area contributed by atoms with Crippen molar-refractivity contribution in [1.82, 2.24) is 10.4 Å². The monoisotopic (exact) mass is 146 g/mol. The predicted octanol–water partition coefficient (Wildman–Crippen LogP) is -1.89. The van der Waals surface area contributed by atoms with Crippen LogP contribution in [0.15, 0.2) is 0 Å². The largest absolute Gasteiger partial charge is 0.350 e. The Balaban J connectivity index is 3.96. The molecule has 56 valence electrons. The molecule has 0 aromatic carbocycles. The topological polar surface area (TPSA) is 119 Å². The van der Waals surface area contributed by atoms with Gasteiger partial charge in [-0.15, -0.1) is 0 Å². The number of carbonyl (C=O) groups is 3. The van der Waals surface area contributed by atoms with E-state index in [0.29, 0.717) is 0 Å². The zero-order valence-corrected chi connectivity index (χ0v) is 4.90. The Morgan fingerprint density at radius 1 is 1.40 bits per heavy atom. The average molecular weight is 146 g/mol. The molecule has 0 aromatic rings. The maximum atomic E-state index is 10.1. The van der Waals surface area contributed by atoms with E-state index in [2.05, 4.69) is 11.5 Å². The van der Waals surface area contributed by atoms with E-state index < -0.39 is 12.1 Å². The summed E-state index contributed by atoms with van der Waals surface area (Å²) in [6.07, 6.45) is 0.0348. The molecule has 0 spiro atoms. The fraction of sp³-hybridized carbons (Fsp3) is 0. The maximum Gasteiger partial charge on any atom is 0.340 e. The van der Waals surface area contributed by atoms with Crippen LogP contribution in [0.4, 0.5) is 9.59 Å². The number of hydrogen-bond donors (Lipinski definition) is 3. The minimum absolute atomic E-state index is 0.0348. The van der Waals surface area contributed by atoms with E-state index in [0.717, 1.165) is 0 Å². The lowest BCUT2D eigenvalue weighted by molar-refractivity contribution is -0.117. The van der Waals surface area contributed by atoms with Gasteiger partial charge in [-0.05, 0) is 0 Å². The van der Waals surface area contributed by atoms with E-state index >= 15 is 0 Å². The average Bonchev–Trinajstić information content (AvgIpc) is 1.81. The molecule has 10 heavy (non-hydrogen) atoms. The van der Waals surface area contributed by atoms with Gasteiger partial charge < -0.3 is 11.5 Å². The predicted molar refractivity (Wildman–Crippen MR) is 30.2 cm³/mol. The summed E-state index contributed by atoms with van der Waals surface area (Å²) in [5.74, 6) is 0. The van der Waals surface area contributed by atoms with Crippen molar-refractivity contribution in [2.24, 2.45) is 11.5 Å². The third kappa shape index (κ3) is 2.50. The van der Waals surface area contributed by atoms with Crippen molar-refractivity contribution in [3.8, 4) is 0 Å². The Morgan fingerprint density at radius 2 is 1.90 bits per heavy atom. The molecule has 0 aliphatic rings. The van der Waals surface area contributed by atoms with Crippen molar-refractivity contribution in [2.45, 2.75) is 0 Å². The molecule has 5 amide bonds. The molecule has 5 N–H and O–H groups in total. The van der Waals surface area contributed by atoms with Gasteiger partial charge in [-0.25, -0.2) is 15.0 Å². The van der Waals surface area contributed by atoms with E-state index in [-0.39, 0.29) is 11.4 Å². The van der Waals surface area contributed by atoms with E-state index in [9.17, 15) is 14.4 Å². The SMILES string of the molecule is NC(=O)NN(C=O)C(N)=O. The molecule has 0 heterocycles. The molecule has 0 aliphatic heterocycles. The summed E-state index contributed by atoms with van der Waals surface area (Å²) < 4.78 is 0. The first-order valence-corrected chi connectivity index (χ1v) is 2.18. The van der Waals surface area contributed by atoms with Crippen LogP contribution in [0.3, 0.4) is 0 Å². The Morgan fingerprint density at radius 3 is 2.00 bits per heavy atom. The van der Waals surface area contributed by atoms with Crippen molar-refractivity contribution in [3.05, 3.63) is 0 Å². The smallest absolute Gasteiger partial charge is 0.340 e. The van der Waals surface area contributed by atoms with Gasteiger partial charge in [0.1, 0.15) is 0 Å². The molecule has 0 aliphatic carbocycles. The van der Waals surface area contributed by atoms with Crippen molar-refractivity contribution in [1.29, 1.82) is 0 Å². The lowest BCUT2D eigenvalue weighted by atomic mass is 10.9. The summed E-state index contributed by atoms with van der Waals surface area (Å²) in [7, 11) is 0. The van der Waals surface area contributed by atoms with Crippen LogP contribution in [0.5, 0.6) is 0 Å². The lowest BCUT2D eigenvalue weighted by Crippen LogP contribution is -2.49. The quantitative estimate of drug-likeness (QED) is 0.296. The summed E-state index contributed by atoms with van der Waals surface area (Å²) in [4.78, 5) is 29.9. The lowest BCUT2D eigenvalue weighted by Gasteiger charge is -2.10. The number of hydrogen-bond acceptors (Lipinski definition) is 3. The summed E-state index contributed by atoms with van der Waals surface area (Å²) in [6.45, 7) is 0. The van der Waals surface area contributed by atoms with Gasteiger partial charge in [0, 0.05) is 0 Å². The van der Waals surface area contributed by atoms with Crippen LogP contribution >= 0.6 is 0 Å². The Kier molecular flexibility index (Phi) is 2.69. The first-order valence-electron chi connectivity index (χ1n) is 2.18. The highest BCUT2D eigenvalue weighted by Crippen LogP contribution is 1.72. The number of imide groups is 1. The van der Waals surface area contributed by atoms with Gasteiger partial charge in [-0.1, -0.05) is 0 Å². The summed E-state index contributed by atoms with van der Waals surface area (Å²) in [5, 5.41) is 0.225. The highest BCUT2D eigenvalue weighted by atomic mass is 16.2. The summed E-state index contributed by atoms with van der Waals surface area (Å²) in [5.41, 5.74) is 10.8. The van der Waals surface area contributed by atoms with Crippen molar-refractivity contribution in [3.63, 3.8) is 0 Å². The van der Waals surface area contributed by atoms with Crippen LogP contribution < -0.4 is 16.9 Å². The fourth-order valence-corrected chi connectivity index (χ4v) is 0.252. The molecule has 0 aromatic heterocycles. The fourth-order valence-electron chi connectivity index (χ4n) is 0.252. The second-order valence-electron chi connectivity index (χ2n) is 1.29. The van der Waals surface area contributed by atoms with Gasteiger partial charge in [0.05, 0.1) is 0 Å². The molecule has 0 saturated heterocycles. The van der Waals surface area contributed by atoms with Gasteiger partial charge in [0.15, 0.2) is 0 Å². The number of carbonyl (C=O) groups excluding carboxylic acids is 3. The van der Waals surface area contributed by atoms with Crippen LogP contribution in [0.2, 0.25) is 0 Å². The highest BCUT2D eigenvalue weighted by molar-refractivity contribution is 5.86. The number of amides is 5. The molecule has 0 saturated carbocycles. The van der Waals surface area contributed by atoms with Crippen molar-refractivity contribution in [2.75, 3.05) is 0 Å². The van der Waals surface area contributed by atoms with Crippen LogP contribution in [-0.2, 0) is 4.79 Å². The van der Waals surface area contributed by atoms with Gasteiger partial charge in [-0.2, -0.15) is 5.01 Å². The molecule has 7 heteroatoms. The minimum Gasteiger partial charge on any atom is -0.350 e. The second kappa shape index (κ2) is 3.28. The van der Waals surface area contributed by atoms with Crippen molar-refractivity contribution >= 4 is 18.5 Å². The Bertz CT molecular complexity index is 167. The van der Waals surface area contributed by atoms with E-state index in [4.69, 9.17) is 0 Å². The molecule has 0 atom stereocenters. The standard InChI is InChI=1S/C3H6N4O3/c4-2(9)6-7(1-8)3(5)10/h1H,(H2,5,10)(H3,4,6,9). The number of rotatable bonds is 1. The number of nitrogens with two attached hydrogens (primary N) is 2. The molecular formula is C3H6N4O3. The van der Waals surface area contributed by atoms with Crippen LogP contribution in [0, 0.1) is 0 Å². The zero-order chi connectivity index (χ0) is 8.15. The molecule has 0 unspecified atom stereocenters. The van der Waals surface area contributed by atoms with Gasteiger partial charge in [-0.3, -0.25) is 4.79 Å². The van der Waals surface area contributed by atoms with E-state index in [1.165, 1.54) is 0 Å². The number of nitrogens with zero attached hydrogens (tertiary/aromatic N) is 1. The zero-order valence-electron chi connectivity index (χ0n) is 4.90.